The normalized spacial score (nSPS) is 15.5. The van der Waals surface area contributed by atoms with E-state index in [0.717, 1.165) is 56.6 Å². The molecule has 0 amide bonds. The van der Waals surface area contributed by atoms with Crippen molar-refractivity contribution in [3.05, 3.63) is 41.3 Å². The molecule has 1 aliphatic rings. The number of hydrogen-bond acceptors (Lipinski definition) is 4. The summed E-state index contributed by atoms with van der Waals surface area (Å²) in [6.07, 6.45) is 2.81. The monoisotopic (exact) mass is 355 g/mol. The number of aliphatic imine (C=N–C) groups is 1. The topological polar surface area (TPSA) is 61.6 Å². The molecule has 3 rings (SSSR count). The van der Waals surface area contributed by atoms with Gasteiger partial charge in [-0.3, -0.25) is 9.67 Å². The Morgan fingerprint density at radius 2 is 1.96 bits per heavy atom. The molecule has 0 atom stereocenters. The van der Waals surface area contributed by atoms with Crippen LogP contribution < -0.4 is 10.2 Å². The predicted molar refractivity (Wildman–Crippen MR) is 106 cm³/mol. The molecule has 0 bridgehead atoms. The average Bonchev–Trinajstić information content (AvgIpc) is 2.92. The molecule has 2 aromatic rings. The van der Waals surface area contributed by atoms with Crippen LogP contribution in [0.1, 0.15) is 17.0 Å². The van der Waals surface area contributed by atoms with Gasteiger partial charge in [-0.25, -0.2) is 4.98 Å². The second-order valence-electron chi connectivity index (χ2n) is 6.66. The summed E-state index contributed by atoms with van der Waals surface area (Å²) in [6, 6.07) is 6.07. The molecule has 0 unspecified atom stereocenters. The standard InChI is InChI=1S/C19H29N7/c1-15-17(16(2)24(4)23-15)8-10-22-19(20-3)26-13-11-25(12-14-26)18-7-5-6-9-21-18/h5-7,9H,8,10-14H2,1-4H3,(H,20,22). The number of guanidine groups is 1. The summed E-state index contributed by atoms with van der Waals surface area (Å²) in [5.41, 5.74) is 3.68. The van der Waals surface area contributed by atoms with Crippen LogP contribution in [0.4, 0.5) is 5.82 Å². The third kappa shape index (κ3) is 3.98. The molecule has 2 aromatic heterocycles. The van der Waals surface area contributed by atoms with Gasteiger partial charge in [-0.15, -0.1) is 0 Å². The quantitative estimate of drug-likeness (QED) is 0.663. The lowest BCUT2D eigenvalue weighted by Crippen LogP contribution is -2.53. The maximum absolute atomic E-state index is 4.49. The molecule has 140 valence electrons. The molecule has 0 aromatic carbocycles. The number of pyridine rings is 1. The highest BCUT2D eigenvalue weighted by Crippen LogP contribution is 2.13. The third-order valence-corrected chi connectivity index (χ3v) is 5.08. The Bertz CT molecular complexity index is 743. The first-order valence-electron chi connectivity index (χ1n) is 9.20. The highest BCUT2D eigenvalue weighted by molar-refractivity contribution is 5.80. The van der Waals surface area contributed by atoms with Crippen molar-refractivity contribution in [1.29, 1.82) is 0 Å². The van der Waals surface area contributed by atoms with Crippen molar-refractivity contribution in [2.75, 3.05) is 44.7 Å². The van der Waals surface area contributed by atoms with Gasteiger partial charge in [0.25, 0.3) is 0 Å². The van der Waals surface area contributed by atoms with Crippen LogP contribution >= 0.6 is 0 Å². The van der Waals surface area contributed by atoms with Gasteiger partial charge in [0.15, 0.2) is 5.96 Å². The Balaban J connectivity index is 1.51. The van der Waals surface area contributed by atoms with Crippen molar-refractivity contribution >= 4 is 11.8 Å². The summed E-state index contributed by atoms with van der Waals surface area (Å²) >= 11 is 0. The number of aromatic nitrogens is 3. The van der Waals surface area contributed by atoms with E-state index in [4.69, 9.17) is 0 Å². The molecule has 7 nitrogen and oxygen atoms in total. The van der Waals surface area contributed by atoms with Crippen molar-refractivity contribution < 1.29 is 0 Å². The van der Waals surface area contributed by atoms with Crippen LogP contribution in [0.3, 0.4) is 0 Å². The molecule has 1 saturated heterocycles. The molecule has 7 heteroatoms. The lowest BCUT2D eigenvalue weighted by atomic mass is 10.1. The fourth-order valence-electron chi connectivity index (χ4n) is 3.50. The minimum Gasteiger partial charge on any atom is -0.356 e. The zero-order valence-corrected chi connectivity index (χ0v) is 16.2. The fourth-order valence-corrected chi connectivity index (χ4v) is 3.50. The van der Waals surface area contributed by atoms with E-state index in [2.05, 4.69) is 50.1 Å². The fraction of sp³-hybridized carbons (Fsp3) is 0.526. The zero-order chi connectivity index (χ0) is 18.5. The summed E-state index contributed by atoms with van der Waals surface area (Å²) < 4.78 is 1.95. The van der Waals surface area contributed by atoms with Crippen molar-refractivity contribution in [2.24, 2.45) is 12.0 Å². The summed E-state index contributed by atoms with van der Waals surface area (Å²) in [5.74, 6) is 2.03. The van der Waals surface area contributed by atoms with Gasteiger partial charge in [0.1, 0.15) is 5.82 Å². The van der Waals surface area contributed by atoms with Gasteiger partial charge in [0, 0.05) is 58.7 Å². The summed E-state index contributed by atoms with van der Waals surface area (Å²) in [5, 5.41) is 8.00. The number of anilines is 1. The van der Waals surface area contributed by atoms with Crippen LogP contribution in [0, 0.1) is 13.8 Å². The van der Waals surface area contributed by atoms with Gasteiger partial charge < -0.3 is 15.1 Å². The molecule has 1 N–H and O–H groups in total. The Labute approximate surface area is 155 Å². The van der Waals surface area contributed by atoms with Gasteiger partial charge in [0.05, 0.1) is 5.69 Å². The number of rotatable bonds is 4. The van der Waals surface area contributed by atoms with E-state index in [-0.39, 0.29) is 0 Å². The van der Waals surface area contributed by atoms with E-state index in [1.165, 1.54) is 11.3 Å². The lowest BCUT2D eigenvalue weighted by molar-refractivity contribution is 0.372. The number of hydrogen-bond donors (Lipinski definition) is 1. The average molecular weight is 355 g/mol. The van der Waals surface area contributed by atoms with Gasteiger partial charge in [-0.2, -0.15) is 5.10 Å². The van der Waals surface area contributed by atoms with Gasteiger partial charge >= 0.3 is 0 Å². The SMILES string of the molecule is CN=C(NCCc1c(C)nn(C)c1C)N1CCN(c2ccccn2)CC1. The van der Waals surface area contributed by atoms with Crippen molar-refractivity contribution in [3.8, 4) is 0 Å². The first kappa shape index (κ1) is 18.2. The number of piperazine rings is 1. The van der Waals surface area contributed by atoms with E-state index in [1.54, 1.807) is 0 Å². The maximum atomic E-state index is 4.49. The first-order chi connectivity index (χ1) is 12.6. The summed E-state index contributed by atoms with van der Waals surface area (Å²) in [6.45, 7) is 8.87. The van der Waals surface area contributed by atoms with E-state index < -0.39 is 0 Å². The summed E-state index contributed by atoms with van der Waals surface area (Å²) in [7, 11) is 3.85. The van der Waals surface area contributed by atoms with Crippen molar-refractivity contribution in [1.82, 2.24) is 25.0 Å². The van der Waals surface area contributed by atoms with Crippen molar-refractivity contribution in [3.63, 3.8) is 0 Å². The number of aryl methyl sites for hydroxylation is 2. The number of nitrogens with one attached hydrogen (secondary N) is 1. The minimum absolute atomic E-state index is 0.862. The molecule has 1 aliphatic heterocycles. The van der Waals surface area contributed by atoms with Crippen LogP contribution in [0.2, 0.25) is 0 Å². The van der Waals surface area contributed by atoms with Crippen LogP contribution in [0.25, 0.3) is 0 Å². The molecule has 3 heterocycles. The van der Waals surface area contributed by atoms with Crippen LogP contribution in [-0.4, -0.2) is 65.4 Å². The van der Waals surface area contributed by atoms with Crippen LogP contribution in [0.5, 0.6) is 0 Å². The highest BCUT2D eigenvalue weighted by Gasteiger charge is 2.20. The van der Waals surface area contributed by atoms with Crippen molar-refractivity contribution in [2.45, 2.75) is 20.3 Å². The molecule has 0 aliphatic carbocycles. The second-order valence-corrected chi connectivity index (χ2v) is 6.66. The summed E-state index contributed by atoms with van der Waals surface area (Å²) in [4.78, 5) is 13.6. The largest absolute Gasteiger partial charge is 0.356 e. The third-order valence-electron chi connectivity index (χ3n) is 5.08. The van der Waals surface area contributed by atoms with Gasteiger partial charge in [-0.05, 0) is 38.0 Å². The predicted octanol–water partition coefficient (Wildman–Crippen LogP) is 1.37. The lowest BCUT2D eigenvalue weighted by Gasteiger charge is -2.37. The second kappa shape index (κ2) is 8.21. The van der Waals surface area contributed by atoms with E-state index in [9.17, 15) is 0 Å². The Kier molecular flexibility index (Phi) is 5.75. The molecule has 1 fully saturated rings. The molecular formula is C19H29N7. The molecule has 0 saturated carbocycles. The minimum atomic E-state index is 0.862. The van der Waals surface area contributed by atoms with Crippen LogP contribution in [0.15, 0.2) is 29.4 Å². The van der Waals surface area contributed by atoms with Gasteiger partial charge in [0.2, 0.25) is 0 Å². The maximum Gasteiger partial charge on any atom is 0.193 e. The number of nitrogens with zero attached hydrogens (tertiary/aromatic N) is 6. The highest BCUT2D eigenvalue weighted by atomic mass is 15.4. The molecule has 0 radical (unpaired) electrons. The van der Waals surface area contributed by atoms with E-state index >= 15 is 0 Å². The Morgan fingerprint density at radius 1 is 1.19 bits per heavy atom. The van der Waals surface area contributed by atoms with E-state index in [0.29, 0.717) is 0 Å². The van der Waals surface area contributed by atoms with Gasteiger partial charge in [-0.1, -0.05) is 6.07 Å². The Hall–Kier alpha value is -2.57. The first-order valence-corrected chi connectivity index (χ1v) is 9.20. The van der Waals surface area contributed by atoms with Crippen LogP contribution in [-0.2, 0) is 13.5 Å². The van der Waals surface area contributed by atoms with E-state index in [1.807, 2.05) is 37.1 Å². The molecular weight excluding hydrogens is 326 g/mol. The molecule has 26 heavy (non-hydrogen) atoms. The smallest absolute Gasteiger partial charge is 0.193 e. The Morgan fingerprint density at radius 3 is 2.54 bits per heavy atom. The zero-order valence-electron chi connectivity index (χ0n) is 16.2. The molecule has 0 spiro atoms.